The predicted octanol–water partition coefficient (Wildman–Crippen LogP) is 2.33. The van der Waals surface area contributed by atoms with Crippen molar-refractivity contribution in [3.63, 3.8) is 0 Å². The average molecular weight is 259 g/mol. The highest BCUT2D eigenvalue weighted by atomic mass is 16.5. The van der Waals surface area contributed by atoms with Crippen LogP contribution in [0.15, 0.2) is 36.8 Å². The summed E-state index contributed by atoms with van der Waals surface area (Å²) in [5.74, 6) is 0.891. The van der Waals surface area contributed by atoms with Crippen molar-refractivity contribution in [2.24, 2.45) is 5.73 Å². The molecule has 2 aromatic rings. The van der Waals surface area contributed by atoms with E-state index < -0.39 is 0 Å². The van der Waals surface area contributed by atoms with Crippen LogP contribution in [0, 0.1) is 0 Å². The van der Waals surface area contributed by atoms with Gasteiger partial charge in [-0.15, -0.1) is 0 Å². The number of rotatable bonds is 5. The first-order valence-electron chi connectivity index (χ1n) is 6.43. The molecule has 0 amide bonds. The first-order valence-corrected chi connectivity index (χ1v) is 6.43. The molecule has 0 radical (unpaired) electrons. The zero-order valence-electron chi connectivity index (χ0n) is 11.8. The molecule has 0 bridgehead atoms. The van der Waals surface area contributed by atoms with E-state index >= 15 is 0 Å². The predicted molar refractivity (Wildman–Crippen MR) is 76.1 cm³/mol. The third kappa shape index (κ3) is 3.35. The lowest BCUT2D eigenvalue weighted by atomic mass is 10.0. The minimum atomic E-state index is -0.370. The van der Waals surface area contributed by atoms with Gasteiger partial charge in [0.15, 0.2) is 0 Å². The van der Waals surface area contributed by atoms with Gasteiger partial charge in [0, 0.05) is 12.7 Å². The summed E-state index contributed by atoms with van der Waals surface area (Å²) in [7, 11) is 1.68. The fourth-order valence-electron chi connectivity index (χ4n) is 2.11. The van der Waals surface area contributed by atoms with E-state index in [9.17, 15) is 0 Å². The third-order valence-electron chi connectivity index (χ3n) is 3.15. The van der Waals surface area contributed by atoms with Crippen molar-refractivity contribution in [3.8, 4) is 5.75 Å². The molecule has 19 heavy (non-hydrogen) atoms. The van der Waals surface area contributed by atoms with Crippen molar-refractivity contribution in [2.45, 2.75) is 32.4 Å². The summed E-state index contributed by atoms with van der Waals surface area (Å²) < 4.78 is 7.34. The SMILES string of the molecule is COc1cccc(CCn2cncc2C(C)(C)N)c1. The lowest BCUT2D eigenvalue weighted by Gasteiger charge is -2.20. The zero-order valence-corrected chi connectivity index (χ0v) is 11.8. The summed E-state index contributed by atoms with van der Waals surface area (Å²) in [5, 5.41) is 0. The fourth-order valence-corrected chi connectivity index (χ4v) is 2.11. The molecular weight excluding hydrogens is 238 g/mol. The molecule has 1 heterocycles. The van der Waals surface area contributed by atoms with Gasteiger partial charge in [-0.1, -0.05) is 12.1 Å². The fraction of sp³-hybridized carbons (Fsp3) is 0.400. The Morgan fingerprint density at radius 1 is 1.37 bits per heavy atom. The van der Waals surface area contributed by atoms with Crippen LogP contribution in [0.25, 0.3) is 0 Å². The van der Waals surface area contributed by atoms with E-state index in [2.05, 4.69) is 21.7 Å². The van der Waals surface area contributed by atoms with Gasteiger partial charge in [0.1, 0.15) is 5.75 Å². The van der Waals surface area contributed by atoms with Crippen molar-refractivity contribution < 1.29 is 4.74 Å². The molecular formula is C15H21N3O. The Hall–Kier alpha value is -1.81. The van der Waals surface area contributed by atoms with Crippen LogP contribution in [0.3, 0.4) is 0 Å². The van der Waals surface area contributed by atoms with Crippen LogP contribution in [0.2, 0.25) is 0 Å². The second-order valence-corrected chi connectivity index (χ2v) is 5.30. The normalized spacial score (nSPS) is 11.6. The summed E-state index contributed by atoms with van der Waals surface area (Å²) in [6.07, 6.45) is 4.60. The van der Waals surface area contributed by atoms with E-state index in [1.54, 1.807) is 7.11 Å². The number of hydrogen-bond donors (Lipinski definition) is 1. The quantitative estimate of drug-likeness (QED) is 0.896. The molecule has 4 nitrogen and oxygen atoms in total. The summed E-state index contributed by atoms with van der Waals surface area (Å²) in [6, 6.07) is 8.13. The smallest absolute Gasteiger partial charge is 0.119 e. The van der Waals surface area contributed by atoms with E-state index in [-0.39, 0.29) is 5.54 Å². The minimum Gasteiger partial charge on any atom is -0.497 e. The molecule has 0 saturated heterocycles. The highest BCUT2D eigenvalue weighted by molar-refractivity contribution is 5.28. The molecule has 0 atom stereocenters. The number of ether oxygens (including phenoxy) is 1. The number of nitrogens with two attached hydrogens (primary N) is 1. The van der Waals surface area contributed by atoms with Gasteiger partial charge in [0.25, 0.3) is 0 Å². The maximum Gasteiger partial charge on any atom is 0.119 e. The number of aromatic nitrogens is 2. The van der Waals surface area contributed by atoms with Crippen molar-refractivity contribution in [3.05, 3.63) is 48.0 Å². The van der Waals surface area contributed by atoms with Gasteiger partial charge in [-0.05, 0) is 38.0 Å². The second kappa shape index (κ2) is 5.45. The van der Waals surface area contributed by atoms with Crippen LogP contribution in [0.1, 0.15) is 25.1 Å². The van der Waals surface area contributed by atoms with Gasteiger partial charge >= 0.3 is 0 Å². The Morgan fingerprint density at radius 3 is 2.84 bits per heavy atom. The number of methoxy groups -OCH3 is 1. The van der Waals surface area contributed by atoms with Crippen LogP contribution < -0.4 is 10.5 Å². The van der Waals surface area contributed by atoms with Crippen LogP contribution in [0.5, 0.6) is 5.75 Å². The van der Waals surface area contributed by atoms with Gasteiger partial charge < -0.3 is 15.0 Å². The van der Waals surface area contributed by atoms with E-state index in [0.717, 1.165) is 24.4 Å². The first-order chi connectivity index (χ1) is 9.00. The lowest BCUT2D eigenvalue weighted by Crippen LogP contribution is -2.31. The van der Waals surface area contributed by atoms with Crippen molar-refractivity contribution in [1.82, 2.24) is 9.55 Å². The zero-order chi connectivity index (χ0) is 13.9. The highest BCUT2D eigenvalue weighted by Gasteiger charge is 2.18. The molecule has 1 aromatic heterocycles. The Morgan fingerprint density at radius 2 is 2.16 bits per heavy atom. The number of aryl methyl sites for hydroxylation is 2. The van der Waals surface area contributed by atoms with Crippen LogP contribution >= 0.6 is 0 Å². The standard InChI is InChI=1S/C15H21N3O/c1-15(2,16)14-10-17-11-18(14)8-7-12-5-4-6-13(9-12)19-3/h4-6,9-11H,7-8,16H2,1-3H3. The average Bonchev–Trinajstić information content (AvgIpc) is 2.85. The van der Waals surface area contributed by atoms with Gasteiger partial charge in [-0.3, -0.25) is 0 Å². The Kier molecular flexibility index (Phi) is 3.90. The Bertz CT molecular complexity index is 540. The molecule has 1 aromatic carbocycles. The molecule has 0 spiro atoms. The molecule has 4 heteroatoms. The molecule has 0 unspecified atom stereocenters. The topological polar surface area (TPSA) is 53.1 Å². The van der Waals surface area contributed by atoms with E-state index in [4.69, 9.17) is 10.5 Å². The number of benzene rings is 1. The lowest BCUT2D eigenvalue weighted by molar-refractivity contribution is 0.414. The molecule has 0 aliphatic carbocycles. The Labute approximate surface area is 114 Å². The molecule has 2 N–H and O–H groups in total. The van der Waals surface area contributed by atoms with E-state index in [1.807, 2.05) is 38.5 Å². The first kappa shape index (κ1) is 13.6. The van der Waals surface area contributed by atoms with Gasteiger partial charge in [-0.2, -0.15) is 0 Å². The van der Waals surface area contributed by atoms with Crippen LogP contribution in [-0.2, 0) is 18.5 Å². The molecule has 0 aliphatic rings. The molecule has 0 aliphatic heterocycles. The minimum absolute atomic E-state index is 0.370. The number of hydrogen-bond acceptors (Lipinski definition) is 3. The molecule has 2 rings (SSSR count). The summed E-state index contributed by atoms with van der Waals surface area (Å²) in [4.78, 5) is 4.19. The Balaban J connectivity index is 2.08. The summed E-state index contributed by atoms with van der Waals surface area (Å²) in [5.41, 5.74) is 8.06. The van der Waals surface area contributed by atoms with Crippen molar-refractivity contribution >= 4 is 0 Å². The van der Waals surface area contributed by atoms with Crippen molar-refractivity contribution in [1.29, 1.82) is 0 Å². The largest absolute Gasteiger partial charge is 0.497 e. The van der Waals surface area contributed by atoms with Crippen LogP contribution in [0.4, 0.5) is 0 Å². The molecule has 0 saturated carbocycles. The summed E-state index contributed by atoms with van der Waals surface area (Å²) >= 11 is 0. The van der Waals surface area contributed by atoms with Gasteiger partial charge in [-0.25, -0.2) is 4.98 Å². The monoisotopic (exact) mass is 259 g/mol. The van der Waals surface area contributed by atoms with Gasteiger partial charge in [0.2, 0.25) is 0 Å². The summed E-state index contributed by atoms with van der Waals surface area (Å²) in [6.45, 7) is 4.85. The van der Waals surface area contributed by atoms with Crippen molar-refractivity contribution in [2.75, 3.05) is 7.11 Å². The van der Waals surface area contributed by atoms with Crippen LogP contribution in [-0.4, -0.2) is 16.7 Å². The van der Waals surface area contributed by atoms with E-state index in [1.165, 1.54) is 5.56 Å². The maximum absolute atomic E-state index is 6.14. The second-order valence-electron chi connectivity index (χ2n) is 5.30. The highest BCUT2D eigenvalue weighted by Crippen LogP contribution is 2.18. The van der Waals surface area contributed by atoms with E-state index in [0.29, 0.717) is 0 Å². The number of imidazole rings is 1. The molecule has 102 valence electrons. The van der Waals surface area contributed by atoms with Gasteiger partial charge in [0.05, 0.1) is 24.7 Å². The number of nitrogens with zero attached hydrogens (tertiary/aromatic N) is 2. The third-order valence-corrected chi connectivity index (χ3v) is 3.15. The maximum atomic E-state index is 6.14. The molecule has 0 fully saturated rings.